The molecule has 2 rings (SSSR count). The molecule has 0 bridgehead atoms. The number of benzene rings is 2. The molecular formula is C20H23N. The third-order valence-electron chi connectivity index (χ3n) is 3.85. The molecule has 0 aromatic heterocycles. The minimum absolute atomic E-state index is 1.08. The van der Waals surface area contributed by atoms with Crippen LogP contribution in [0.3, 0.4) is 0 Å². The molecule has 0 amide bonds. The highest BCUT2D eigenvalue weighted by atomic mass is 14.8. The lowest BCUT2D eigenvalue weighted by Crippen LogP contribution is -1.97. The smallest absolute Gasteiger partial charge is 0.00277 e. The minimum atomic E-state index is 1.08. The van der Waals surface area contributed by atoms with E-state index in [0.29, 0.717) is 0 Å². The lowest BCUT2D eigenvalue weighted by Gasteiger charge is -2.15. The lowest BCUT2D eigenvalue weighted by atomic mass is 9.89. The van der Waals surface area contributed by atoms with Gasteiger partial charge >= 0.3 is 0 Å². The van der Waals surface area contributed by atoms with Crippen LogP contribution in [0.4, 0.5) is 0 Å². The molecule has 0 aliphatic heterocycles. The van der Waals surface area contributed by atoms with Gasteiger partial charge in [0.15, 0.2) is 0 Å². The second-order valence-electron chi connectivity index (χ2n) is 5.44. The third-order valence-corrected chi connectivity index (χ3v) is 3.85. The van der Waals surface area contributed by atoms with Crippen molar-refractivity contribution >= 4 is 11.6 Å². The quantitative estimate of drug-likeness (QED) is 0.841. The Morgan fingerprint density at radius 2 is 1.76 bits per heavy atom. The van der Waals surface area contributed by atoms with Gasteiger partial charge in [-0.3, -0.25) is 0 Å². The van der Waals surface area contributed by atoms with Crippen LogP contribution < -0.4 is 5.32 Å². The minimum Gasteiger partial charge on any atom is -0.394 e. The topological polar surface area (TPSA) is 12.0 Å². The van der Waals surface area contributed by atoms with E-state index in [2.05, 4.69) is 75.1 Å². The average Bonchev–Trinajstić information content (AvgIpc) is 2.48. The van der Waals surface area contributed by atoms with Crippen molar-refractivity contribution in [2.45, 2.75) is 20.8 Å². The van der Waals surface area contributed by atoms with Gasteiger partial charge in [-0.2, -0.15) is 0 Å². The molecule has 0 spiro atoms. The van der Waals surface area contributed by atoms with Crippen LogP contribution in [0.5, 0.6) is 0 Å². The first kappa shape index (κ1) is 15.1. The van der Waals surface area contributed by atoms with E-state index in [1.807, 2.05) is 13.2 Å². The van der Waals surface area contributed by atoms with Crippen LogP contribution in [-0.4, -0.2) is 7.05 Å². The highest BCUT2D eigenvalue weighted by Gasteiger charge is 2.10. The molecule has 0 atom stereocenters. The molecule has 0 aliphatic rings. The van der Waals surface area contributed by atoms with Gasteiger partial charge in [0.2, 0.25) is 0 Å². The fourth-order valence-corrected chi connectivity index (χ4v) is 2.59. The standard InChI is InChI=1S/C20H23N/c1-14-12-15(2)16(3)20(13-14)17(4)19-9-7-6-8-18(19)10-11-21-5/h6-13,21H,4H2,1-3,5H3/b11-10-. The summed E-state index contributed by atoms with van der Waals surface area (Å²) in [5.74, 6) is 0. The van der Waals surface area contributed by atoms with E-state index >= 15 is 0 Å². The first-order valence-corrected chi connectivity index (χ1v) is 7.25. The number of hydrogen-bond acceptors (Lipinski definition) is 1. The van der Waals surface area contributed by atoms with Gasteiger partial charge in [-0.1, -0.05) is 48.5 Å². The molecule has 1 nitrogen and oxygen atoms in total. The fourth-order valence-electron chi connectivity index (χ4n) is 2.59. The molecule has 1 heteroatoms. The van der Waals surface area contributed by atoms with E-state index in [4.69, 9.17) is 0 Å². The number of nitrogens with one attached hydrogen (secondary N) is 1. The summed E-state index contributed by atoms with van der Waals surface area (Å²) in [7, 11) is 1.90. The lowest BCUT2D eigenvalue weighted by molar-refractivity contribution is 1.11. The number of aryl methyl sites for hydroxylation is 2. The molecule has 0 heterocycles. The van der Waals surface area contributed by atoms with Crippen molar-refractivity contribution < 1.29 is 0 Å². The molecule has 21 heavy (non-hydrogen) atoms. The largest absolute Gasteiger partial charge is 0.394 e. The zero-order valence-electron chi connectivity index (χ0n) is 13.3. The zero-order valence-corrected chi connectivity index (χ0v) is 13.3. The summed E-state index contributed by atoms with van der Waals surface area (Å²) in [6.07, 6.45) is 4.03. The second kappa shape index (κ2) is 6.45. The fraction of sp³-hybridized carbons (Fsp3) is 0.200. The molecule has 0 fully saturated rings. The molecule has 108 valence electrons. The Hall–Kier alpha value is -2.28. The maximum absolute atomic E-state index is 4.35. The van der Waals surface area contributed by atoms with Crippen molar-refractivity contribution in [3.05, 3.63) is 82.6 Å². The Labute approximate surface area is 128 Å². The summed E-state index contributed by atoms with van der Waals surface area (Å²) in [4.78, 5) is 0. The molecule has 0 aliphatic carbocycles. The first-order valence-electron chi connectivity index (χ1n) is 7.25. The summed E-state index contributed by atoms with van der Waals surface area (Å²) in [5, 5.41) is 3.04. The van der Waals surface area contributed by atoms with Crippen LogP contribution >= 0.6 is 0 Å². The predicted octanol–water partition coefficient (Wildman–Crippen LogP) is 4.86. The van der Waals surface area contributed by atoms with Crippen LogP contribution in [0.25, 0.3) is 11.6 Å². The van der Waals surface area contributed by atoms with Crippen molar-refractivity contribution in [1.82, 2.24) is 5.32 Å². The second-order valence-corrected chi connectivity index (χ2v) is 5.44. The van der Waals surface area contributed by atoms with Crippen LogP contribution in [0.15, 0.2) is 49.2 Å². The Morgan fingerprint density at radius 3 is 2.48 bits per heavy atom. The van der Waals surface area contributed by atoms with Crippen molar-refractivity contribution in [3.8, 4) is 0 Å². The van der Waals surface area contributed by atoms with Crippen LogP contribution in [0.2, 0.25) is 0 Å². The molecule has 2 aromatic carbocycles. The average molecular weight is 277 g/mol. The summed E-state index contributed by atoms with van der Waals surface area (Å²) >= 11 is 0. The Morgan fingerprint density at radius 1 is 1.05 bits per heavy atom. The van der Waals surface area contributed by atoms with Gasteiger partial charge in [-0.25, -0.2) is 0 Å². The van der Waals surface area contributed by atoms with E-state index in [-0.39, 0.29) is 0 Å². The molecule has 1 N–H and O–H groups in total. The summed E-state index contributed by atoms with van der Waals surface area (Å²) in [6.45, 7) is 10.8. The molecular weight excluding hydrogens is 254 g/mol. The molecule has 0 unspecified atom stereocenters. The van der Waals surface area contributed by atoms with Gasteiger partial charge in [-0.05, 0) is 66.4 Å². The van der Waals surface area contributed by atoms with E-state index in [9.17, 15) is 0 Å². The van der Waals surface area contributed by atoms with Gasteiger partial charge in [0.05, 0.1) is 0 Å². The summed E-state index contributed by atoms with van der Waals surface area (Å²) in [6, 6.07) is 12.8. The molecule has 2 aromatic rings. The SMILES string of the molecule is C=C(c1ccccc1/C=C\NC)c1cc(C)cc(C)c1C. The highest BCUT2D eigenvalue weighted by molar-refractivity contribution is 5.84. The van der Waals surface area contributed by atoms with Gasteiger partial charge in [0, 0.05) is 7.05 Å². The Balaban J connectivity index is 2.53. The van der Waals surface area contributed by atoms with E-state index in [1.165, 1.54) is 33.4 Å². The Kier molecular flexibility index (Phi) is 4.64. The number of hydrogen-bond donors (Lipinski definition) is 1. The predicted molar refractivity (Wildman–Crippen MR) is 93.3 cm³/mol. The van der Waals surface area contributed by atoms with E-state index < -0.39 is 0 Å². The van der Waals surface area contributed by atoms with Crippen LogP contribution in [0, 0.1) is 20.8 Å². The maximum atomic E-state index is 4.35. The summed E-state index contributed by atoms with van der Waals surface area (Å²) < 4.78 is 0. The molecule has 0 radical (unpaired) electrons. The van der Waals surface area contributed by atoms with Crippen molar-refractivity contribution in [2.75, 3.05) is 7.05 Å². The van der Waals surface area contributed by atoms with Crippen LogP contribution in [0.1, 0.15) is 33.4 Å². The normalized spacial score (nSPS) is 10.9. The van der Waals surface area contributed by atoms with E-state index in [0.717, 1.165) is 5.57 Å². The van der Waals surface area contributed by atoms with Gasteiger partial charge in [-0.15, -0.1) is 0 Å². The Bertz CT molecular complexity index is 693. The third kappa shape index (κ3) is 3.25. The van der Waals surface area contributed by atoms with Crippen molar-refractivity contribution in [2.24, 2.45) is 0 Å². The zero-order chi connectivity index (χ0) is 15.4. The monoisotopic (exact) mass is 277 g/mol. The summed E-state index contributed by atoms with van der Waals surface area (Å²) in [5.41, 5.74) is 8.56. The van der Waals surface area contributed by atoms with Gasteiger partial charge in [0.1, 0.15) is 0 Å². The highest BCUT2D eigenvalue weighted by Crippen LogP contribution is 2.30. The van der Waals surface area contributed by atoms with Crippen molar-refractivity contribution in [3.63, 3.8) is 0 Å². The first-order chi connectivity index (χ1) is 10.0. The van der Waals surface area contributed by atoms with Crippen LogP contribution in [-0.2, 0) is 0 Å². The van der Waals surface area contributed by atoms with E-state index in [1.54, 1.807) is 0 Å². The van der Waals surface area contributed by atoms with Crippen molar-refractivity contribution in [1.29, 1.82) is 0 Å². The maximum Gasteiger partial charge on any atom is 0.00277 e. The van der Waals surface area contributed by atoms with Gasteiger partial charge in [0.25, 0.3) is 0 Å². The number of rotatable bonds is 4. The molecule has 0 saturated carbocycles. The van der Waals surface area contributed by atoms with Gasteiger partial charge < -0.3 is 5.32 Å². The molecule has 0 saturated heterocycles.